The molecule has 1 aliphatic heterocycles. The fraction of sp³-hybridized carbons (Fsp3) is 0.290. The molecule has 1 aromatic heterocycles. The number of rotatable bonds is 9. The van der Waals surface area contributed by atoms with Gasteiger partial charge in [-0.3, -0.25) is 9.59 Å². The molecule has 1 fully saturated rings. The van der Waals surface area contributed by atoms with Crippen molar-refractivity contribution in [3.63, 3.8) is 0 Å². The van der Waals surface area contributed by atoms with Gasteiger partial charge in [0.15, 0.2) is 0 Å². The summed E-state index contributed by atoms with van der Waals surface area (Å²) < 4.78 is 5.86. The third kappa shape index (κ3) is 6.45. The molecule has 3 aromatic carbocycles. The number of amides is 2. The highest BCUT2D eigenvalue weighted by molar-refractivity contribution is 7.11. The van der Waals surface area contributed by atoms with E-state index in [0.717, 1.165) is 34.1 Å². The molecular formula is C31H32N2O3S. The lowest BCUT2D eigenvalue weighted by Crippen LogP contribution is -2.45. The zero-order valence-corrected chi connectivity index (χ0v) is 22.0. The van der Waals surface area contributed by atoms with Crippen LogP contribution in [0.15, 0.2) is 84.9 Å². The Bertz CT molecular complexity index is 1360. The van der Waals surface area contributed by atoms with Crippen LogP contribution in [0.5, 0.6) is 0 Å². The molecule has 1 aliphatic rings. The lowest BCUT2D eigenvalue weighted by atomic mass is 10.1. The van der Waals surface area contributed by atoms with Crippen molar-refractivity contribution in [3.05, 3.63) is 106 Å². The SMILES string of the molecule is Cc1ccc(CN(Cc2ccccc2)C(=O)CN(CC2CCCO2)C(=O)c2ccc3ccccc3c2)s1. The standard InChI is InChI=1S/C31H32N2O3S/c1-23-13-16-29(37-23)21-32(19-24-8-3-2-4-9-24)30(34)22-33(20-28-12-7-17-36-28)31(35)27-15-14-25-10-5-6-11-26(25)18-27/h2-6,8-11,13-16,18,28H,7,12,17,19-22H2,1H3. The minimum atomic E-state index is -0.138. The summed E-state index contributed by atoms with van der Waals surface area (Å²) in [5.41, 5.74) is 1.66. The van der Waals surface area contributed by atoms with E-state index in [9.17, 15) is 9.59 Å². The van der Waals surface area contributed by atoms with E-state index in [1.807, 2.05) is 77.7 Å². The van der Waals surface area contributed by atoms with Gasteiger partial charge in [-0.1, -0.05) is 60.7 Å². The average Bonchev–Trinajstić information content (AvgIpc) is 3.59. The van der Waals surface area contributed by atoms with Crippen molar-refractivity contribution < 1.29 is 14.3 Å². The molecule has 0 radical (unpaired) electrons. The molecule has 4 aromatic rings. The van der Waals surface area contributed by atoms with Gasteiger partial charge in [0.1, 0.15) is 6.54 Å². The first-order valence-corrected chi connectivity index (χ1v) is 13.6. The van der Waals surface area contributed by atoms with Gasteiger partial charge in [0.2, 0.25) is 5.91 Å². The summed E-state index contributed by atoms with van der Waals surface area (Å²) in [5.74, 6) is -0.205. The van der Waals surface area contributed by atoms with Crippen molar-refractivity contribution in [2.45, 2.75) is 39.0 Å². The first-order chi connectivity index (χ1) is 18.0. The van der Waals surface area contributed by atoms with Gasteiger partial charge >= 0.3 is 0 Å². The van der Waals surface area contributed by atoms with E-state index in [1.165, 1.54) is 4.88 Å². The van der Waals surface area contributed by atoms with Crippen LogP contribution in [0, 0.1) is 6.92 Å². The molecule has 0 bridgehead atoms. The van der Waals surface area contributed by atoms with Crippen LogP contribution in [-0.2, 0) is 22.6 Å². The Kier molecular flexibility index (Phi) is 7.97. The molecule has 0 aliphatic carbocycles. The zero-order valence-electron chi connectivity index (χ0n) is 21.1. The summed E-state index contributed by atoms with van der Waals surface area (Å²) in [6.45, 7) is 4.22. The Balaban J connectivity index is 1.39. The van der Waals surface area contributed by atoms with Gasteiger partial charge in [-0.15, -0.1) is 11.3 Å². The van der Waals surface area contributed by atoms with E-state index in [2.05, 4.69) is 19.1 Å². The summed E-state index contributed by atoms with van der Waals surface area (Å²) in [6, 6.07) is 27.9. The van der Waals surface area contributed by atoms with Gasteiger partial charge in [-0.2, -0.15) is 0 Å². The predicted octanol–water partition coefficient (Wildman–Crippen LogP) is 6.06. The van der Waals surface area contributed by atoms with Crippen LogP contribution in [0.3, 0.4) is 0 Å². The number of fused-ring (bicyclic) bond motifs is 1. The van der Waals surface area contributed by atoms with Crippen LogP contribution >= 0.6 is 11.3 Å². The van der Waals surface area contributed by atoms with Crippen molar-refractivity contribution in [3.8, 4) is 0 Å². The molecule has 0 spiro atoms. The fourth-order valence-corrected chi connectivity index (χ4v) is 5.72. The number of carbonyl (C=O) groups is 2. The molecule has 2 amide bonds. The minimum Gasteiger partial charge on any atom is -0.376 e. The predicted molar refractivity (Wildman–Crippen MR) is 149 cm³/mol. The third-order valence-electron chi connectivity index (χ3n) is 6.77. The Morgan fingerprint density at radius 2 is 1.68 bits per heavy atom. The van der Waals surface area contributed by atoms with Crippen LogP contribution in [-0.4, -0.2) is 47.4 Å². The first-order valence-electron chi connectivity index (χ1n) is 12.8. The smallest absolute Gasteiger partial charge is 0.254 e. The molecule has 0 N–H and O–H groups in total. The summed E-state index contributed by atoms with van der Waals surface area (Å²) in [6.07, 6.45) is 1.84. The third-order valence-corrected chi connectivity index (χ3v) is 7.75. The van der Waals surface area contributed by atoms with E-state index in [0.29, 0.717) is 31.8 Å². The Hall–Kier alpha value is -3.48. The number of ether oxygens (including phenoxy) is 1. The maximum absolute atomic E-state index is 13.8. The van der Waals surface area contributed by atoms with Gasteiger partial charge in [0, 0.05) is 35.0 Å². The summed E-state index contributed by atoms with van der Waals surface area (Å²) in [7, 11) is 0. The molecule has 5 nitrogen and oxygen atoms in total. The van der Waals surface area contributed by atoms with Gasteiger partial charge in [-0.05, 0) is 60.4 Å². The minimum absolute atomic E-state index is 0.0166. The van der Waals surface area contributed by atoms with Gasteiger partial charge in [0.05, 0.1) is 12.6 Å². The number of benzene rings is 3. The summed E-state index contributed by atoms with van der Waals surface area (Å²) in [4.78, 5) is 33.4. The molecule has 1 atom stereocenters. The fourth-order valence-electron chi connectivity index (χ4n) is 4.82. The van der Waals surface area contributed by atoms with Crippen molar-refractivity contribution in [2.24, 2.45) is 0 Å². The Morgan fingerprint density at radius 3 is 2.41 bits per heavy atom. The molecule has 0 saturated carbocycles. The lowest BCUT2D eigenvalue weighted by molar-refractivity contribution is -0.133. The normalized spacial score (nSPS) is 15.1. The van der Waals surface area contributed by atoms with Crippen LogP contribution < -0.4 is 0 Å². The van der Waals surface area contributed by atoms with Gasteiger partial charge in [-0.25, -0.2) is 0 Å². The largest absolute Gasteiger partial charge is 0.376 e. The number of nitrogens with zero attached hydrogens (tertiary/aromatic N) is 2. The van der Waals surface area contributed by atoms with E-state index in [4.69, 9.17) is 4.74 Å². The average molecular weight is 513 g/mol. The molecule has 2 heterocycles. The van der Waals surface area contributed by atoms with Crippen molar-refractivity contribution in [2.75, 3.05) is 19.7 Å². The highest BCUT2D eigenvalue weighted by atomic mass is 32.1. The number of thiophene rings is 1. The van der Waals surface area contributed by atoms with E-state index in [-0.39, 0.29) is 24.5 Å². The van der Waals surface area contributed by atoms with E-state index < -0.39 is 0 Å². The lowest BCUT2D eigenvalue weighted by Gasteiger charge is -2.29. The highest BCUT2D eigenvalue weighted by Gasteiger charge is 2.27. The monoisotopic (exact) mass is 512 g/mol. The van der Waals surface area contributed by atoms with Gasteiger partial charge in [0.25, 0.3) is 5.91 Å². The zero-order chi connectivity index (χ0) is 25.6. The molecule has 190 valence electrons. The topological polar surface area (TPSA) is 49.9 Å². The molecule has 6 heteroatoms. The quantitative estimate of drug-likeness (QED) is 0.274. The maximum Gasteiger partial charge on any atom is 0.254 e. The number of hydrogen-bond acceptors (Lipinski definition) is 4. The molecule has 37 heavy (non-hydrogen) atoms. The summed E-state index contributed by atoms with van der Waals surface area (Å²) >= 11 is 1.70. The van der Waals surface area contributed by atoms with E-state index >= 15 is 0 Å². The van der Waals surface area contributed by atoms with E-state index in [1.54, 1.807) is 16.2 Å². The number of hydrogen-bond donors (Lipinski definition) is 0. The number of carbonyl (C=O) groups excluding carboxylic acids is 2. The van der Waals surface area contributed by atoms with Crippen LogP contribution in [0.1, 0.15) is 38.5 Å². The second-order valence-electron chi connectivity index (χ2n) is 9.63. The van der Waals surface area contributed by atoms with Crippen LogP contribution in [0.4, 0.5) is 0 Å². The Morgan fingerprint density at radius 1 is 0.892 bits per heavy atom. The van der Waals surface area contributed by atoms with Crippen molar-refractivity contribution >= 4 is 33.9 Å². The maximum atomic E-state index is 13.8. The van der Waals surface area contributed by atoms with Crippen LogP contribution in [0.25, 0.3) is 10.8 Å². The van der Waals surface area contributed by atoms with Crippen molar-refractivity contribution in [1.29, 1.82) is 0 Å². The summed E-state index contributed by atoms with van der Waals surface area (Å²) in [5, 5.41) is 2.09. The van der Waals surface area contributed by atoms with Crippen LogP contribution in [0.2, 0.25) is 0 Å². The number of aryl methyl sites for hydroxylation is 1. The highest BCUT2D eigenvalue weighted by Crippen LogP contribution is 2.21. The molecule has 5 rings (SSSR count). The second-order valence-corrected chi connectivity index (χ2v) is 11.0. The first kappa shape index (κ1) is 25.2. The van der Waals surface area contributed by atoms with Crippen molar-refractivity contribution in [1.82, 2.24) is 9.80 Å². The molecular weight excluding hydrogens is 480 g/mol. The Labute approximate surface area is 222 Å². The molecule has 1 unspecified atom stereocenters. The second kappa shape index (κ2) is 11.7. The molecule has 1 saturated heterocycles. The van der Waals surface area contributed by atoms with Gasteiger partial charge < -0.3 is 14.5 Å².